The largest absolute Gasteiger partial charge is 0.333 e. The highest BCUT2D eigenvalue weighted by molar-refractivity contribution is 5.92. The lowest BCUT2D eigenvalue weighted by molar-refractivity contribution is 0.0740. The van der Waals surface area contributed by atoms with Crippen LogP contribution in [0.25, 0.3) is 0 Å². The van der Waals surface area contributed by atoms with Crippen molar-refractivity contribution in [2.45, 2.75) is 19.4 Å². The van der Waals surface area contributed by atoms with E-state index in [9.17, 15) is 9.59 Å². The smallest absolute Gasteiger partial charge is 0.325 e. The third kappa shape index (κ3) is 2.04. The lowest BCUT2D eigenvalue weighted by Gasteiger charge is -2.19. The number of fused-ring (bicyclic) bond motifs is 1. The van der Waals surface area contributed by atoms with Crippen LogP contribution in [0.4, 0.5) is 0 Å². The molecule has 1 aliphatic heterocycles. The molecule has 20 heavy (non-hydrogen) atoms. The maximum atomic E-state index is 12.4. The molecule has 1 amide bonds. The van der Waals surface area contributed by atoms with Gasteiger partial charge in [0.2, 0.25) is 0 Å². The van der Waals surface area contributed by atoms with Crippen LogP contribution in [0, 0.1) is 0 Å². The van der Waals surface area contributed by atoms with E-state index in [1.807, 2.05) is 17.9 Å². The number of amides is 1. The predicted octanol–water partition coefficient (Wildman–Crippen LogP) is 0.0355. The van der Waals surface area contributed by atoms with Crippen molar-refractivity contribution in [3.63, 3.8) is 0 Å². The van der Waals surface area contributed by atoms with Crippen molar-refractivity contribution in [2.75, 3.05) is 6.54 Å². The van der Waals surface area contributed by atoms with E-state index >= 15 is 0 Å². The summed E-state index contributed by atoms with van der Waals surface area (Å²) in [6.45, 7) is 1.23. The Morgan fingerprint density at radius 2 is 2.20 bits per heavy atom. The first-order valence-electron chi connectivity index (χ1n) is 6.61. The Bertz CT molecular complexity index is 709. The normalized spacial score (nSPS) is 15.0. The van der Waals surface area contributed by atoms with Gasteiger partial charge in [0.25, 0.3) is 5.91 Å². The van der Waals surface area contributed by atoms with Crippen molar-refractivity contribution in [3.05, 3.63) is 39.8 Å². The Labute approximate surface area is 115 Å². The Balaban J connectivity index is 1.87. The minimum Gasteiger partial charge on any atom is -0.333 e. The zero-order chi connectivity index (χ0) is 14.3. The number of carbonyl (C=O) groups excluding carboxylic acids is 1. The molecular formula is C13H17N5O2. The molecule has 7 heteroatoms. The molecule has 7 nitrogen and oxygen atoms in total. The molecule has 106 valence electrons. The molecule has 1 N–H and O–H groups in total. The summed E-state index contributed by atoms with van der Waals surface area (Å²) in [6, 6.07) is 0. The number of rotatable bonds is 1. The number of nitrogens with zero attached hydrogens (tertiary/aromatic N) is 4. The predicted molar refractivity (Wildman–Crippen MR) is 72.3 cm³/mol. The number of hydrogen-bond acceptors (Lipinski definition) is 3. The Morgan fingerprint density at radius 1 is 1.40 bits per heavy atom. The van der Waals surface area contributed by atoms with Crippen molar-refractivity contribution >= 4 is 5.91 Å². The first-order valence-corrected chi connectivity index (χ1v) is 6.61. The van der Waals surface area contributed by atoms with Gasteiger partial charge in [0, 0.05) is 44.6 Å². The molecule has 0 aromatic carbocycles. The third-order valence-corrected chi connectivity index (χ3v) is 3.75. The van der Waals surface area contributed by atoms with E-state index < -0.39 is 0 Å². The second kappa shape index (κ2) is 4.66. The Kier molecular flexibility index (Phi) is 2.96. The third-order valence-electron chi connectivity index (χ3n) is 3.75. The van der Waals surface area contributed by atoms with Crippen molar-refractivity contribution in [1.82, 2.24) is 24.2 Å². The van der Waals surface area contributed by atoms with Crippen LogP contribution in [-0.4, -0.2) is 36.7 Å². The number of aromatic nitrogens is 4. The Hall–Kier alpha value is -2.31. The molecule has 1 aliphatic rings. The average Bonchev–Trinajstić information content (AvgIpc) is 2.85. The van der Waals surface area contributed by atoms with Crippen LogP contribution in [0.1, 0.15) is 28.2 Å². The van der Waals surface area contributed by atoms with Gasteiger partial charge >= 0.3 is 5.69 Å². The van der Waals surface area contributed by atoms with E-state index in [1.54, 1.807) is 18.1 Å². The zero-order valence-corrected chi connectivity index (χ0v) is 11.6. The molecule has 0 unspecified atom stereocenters. The summed E-state index contributed by atoms with van der Waals surface area (Å²) in [7, 11) is 3.54. The second-order valence-electron chi connectivity index (χ2n) is 5.15. The lowest BCUT2D eigenvalue weighted by atomic mass is 10.2. The molecule has 0 saturated heterocycles. The minimum absolute atomic E-state index is 0.139. The first kappa shape index (κ1) is 12.7. The van der Waals surface area contributed by atoms with Crippen LogP contribution < -0.4 is 5.69 Å². The summed E-state index contributed by atoms with van der Waals surface area (Å²) in [6.07, 6.45) is 5.17. The molecule has 0 aliphatic carbocycles. The molecule has 0 bridgehead atoms. The fourth-order valence-electron chi connectivity index (χ4n) is 2.63. The molecule has 0 atom stereocenters. The highest BCUT2D eigenvalue weighted by atomic mass is 16.2. The van der Waals surface area contributed by atoms with Crippen molar-refractivity contribution in [3.8, 4) is 0 Å². The molecule has 0 radical (unpaired) electrons. The van der Waals surface area contributed by atoms with Gasteiger partial charge in [0.05, 0.1) is 6.20 Å². The van der Waals surface area contributed by atoms with Gasteiger partial charge in [-0.2, -0.15) is 5.10 Å². The monoisotopic (exact) mass is 275 g/mol. The molecule has 0 saturated carbocycles. The molecule has 3 rings (SSSR count). The van der Waals surface area contributed by atoms with Gasteiger partial charge < -0.3 is 14.5 Å². The van der Waals surface area contributed by atoms with Crippen LogP contribution in [0.5, 0.6) is 0 Å². The fourth-order valence-corrected chi connectivity index (χ4v) is 2.63. The van der Waals surface area contributed by atoms with Gasteiger partial charge in [-0.05, 0) is 12.8 Å². The number of carbonyl (C=O) groups is 1. The fraction of sp³-hybridized carbons (Fsp3) is 0.462. The van der Waals surface area contributed by atoms with Crippen molar-refractivity contribution in [1.29, 1.82) is 0 Å². The van der Waals surface area contributed by atoms with Gasteiger partial charge in [-0.25, -0.2) is 4.79 Å². The summed E-state index contributed by atoms with van der Waals surface area (Å²) >= 11 is 0. The summed E-state index contributed by atoms with van der Waals surface area (Å²) in [4.78, 5) is 28.2. The number of hydrogen-bond donors (Lipinski definition) is 1. The van der Waals surface area contributed by atoms with Crippen molar-refractivity contribution in [2.24, 2.45) is 14.1 Å². The highest BCUT2D eigenvalue weighted by Crippen LogP contribution is 2.18. The van der Waals surface area contributed by atoms with Gasteiger partial charge in [-0.15, -0.1) is 0 Å². The number of nitrogens with one attached hydrogen (secondary N) is 1. The van der Waals surface area contributed by atoms with Crippen LogP contribution in [-0.2, 0) is 27.1 Å². The average molecular weight is 275 g/mol. The SMILES string of the molecule is Cn1ncc2c1CCCN(C(=O)c1cn(C)c(=O)[nH]1)C2. The van der Waals surface area contributed by atoms with Crippen LogP contribution in [0.15, 0.2) is 17.2 Å². The molecular weight excluding hydrogens is 258 g/mol. The maximum absolute atomic E-state index is 12.4. The van der Waals surface area contributed by atoms with E-state index in [2.05, 4.69) is 10.1 Å². The van der Waals surface area contributed by atoms with Gasteiger partial charge in [0.1, 0.15) is 5.69 Å². The molecule has 2 aromatic heterocycles. The highest BCUT2D eigenvalue weighted by Gasteiger charge is 2.23. The van der Waals surface area contributed by atoms with E-state index in [-0.39, 0.29) is 11.6 Å². The number of aryl methyl sites for hydroxylation is 2. The van der Waals surface area contributed by atoms with Gasteiger partial charge in [-0.3, -0.25) is 9.48 Å². The van der Waals surface area contributed by atoms with Gasteiger partial charge in [-0.1, -0.05) is 0 Å². The van der Waals surface area contributed by atoms with Crippen molar-refractivity contribution < 1.29 is 4.79 Å². The number of H-pyrrole nitrogens is 1. The lowest BCUT2D eigenvalue weighted by Crippen LogP contribution is -2.31. The number of aromatic amines is 1. The minimum atomic E-state index is -0.273. The molecule has 0 fully saturated rings. The zero-order valence-electron chi connectivity index (χ0n) is 11.6. The molecule has 0 spiro atoms. The summed E-state index contributed by atoms with van der Waals surface area (Å²) in [5, 5.41) is 4.24. The summed E-state index contributed by atoms with van der Waals surface area (Å²) in [5.74, 6) is -0.139. The van der Waals surface area contributed by atoms with Gasteiger partial charge in [0.15, 0.2) is 0 Å². The standard InChI is InChI=1S/C13H17N5O2/c1-16-8-10(15-13(16)20)12(19)18-5-3-4-11-9(7-18)6-14-17(11)2/h6,8H,3-5,7H2,1-2H3,(H,15,20). The van der Waals surface area contributed by atoms with Crippen LogP contribution >= 0.6 is 0 Å². The van der Waals surface area contributed by atoms with E-state index in [0.29, 0.717) is 18.8 Å². The Morgan fingerprint density at radius 3 is 2.90 bits per heavy atom. The topological polar surface area (TPSA) is 75.9 Å². The quantitative estimate of drug-likeness (QED) is 0.798. The van der Waals surface area contributed by atoms with E-state index in [1.165, 1.54) is 10.3 Å². The van der Waals surface area contributed by atoms with Crippen LogP contribution in [0.2, 0.25) is 0 Å². The van der Waals surface area contributed by atoms with E-state index in [4.69, 9.17) is 0 Å². The second-order valence-corrected chi connectivity index (χ2v) is 5.15. The van der Waals surface area contributed by atoms with E-state index in [0.717, 1.165) is 18.4 Å². The summed E-state index contributed by atoms with van der Waals surface area (Å²) < 4.78 is 3.24. The van der Waals surface area contributed by atoms with Crippen LogP contribution in [0.3, 0.4) is 0 Å². The number of imidazole rings is 1. The maximum Gasteiger partial charge on any atom is 0.325 e. The first-order chi connectivity index (χ1) is 9.56. The molecule has 3 heterocycles. The molecule has 2 aromatic rings. The summed E-state index contributed by atoms with van der Waals surface area (Å²) in [5.41, 5.74) is 2.33.